The fraction of sp³-hybridized carbons (Fsp3) is 1.00. The molecule has 0 radical (unpaired) electrons. The Kier molecular flexibility index (Phi) is 2.45. The molecule has 0 unspecified atom stereocenters. The summed E-state index contributed by atoms with van der Waals surface area (Å²) in [5.41, 5.74) is 5.67. The Morgan fingerprint density at radius 1 is 1.33 bits per heavy atom. The fourth-order valence-corrected chi connectivity index (χ4v) is 1.30. The first kappa shape index (κ1) is 6.99. The normalized spacial score (nSPS) is 36.7. The molecule has 4 N–H and O–H groups in total. The zero-order chi connectivity index (χ0) is 6.69. The van der Waals surface area contributed by atoms with Gasteiger partial charge < -0.3 is 10.6 Å². The van der Waals surface area contributed by atoms with Gasteiger partial charge in [-0.2, -0.15) is 0 Å². The number of hydrogen-bond donors (Lipinski definition) is 2. The van der Waals surface area contributed by atoms with Crippen LogP contribution < -0.4 is 11.6 Å². The Labute approximate surface area is 55.3 Å². The smallest absolute Gasteiger partial charge is 0.0802 e. The first-order chi connectivity index (χ1) is 4.33. The second-order valence-corrected chi connectivity index (χ2v) is 2.68. The van der Waals surface area contributed by atoms with E-state index in [1.165, 1.54) is 0 Å². The molecule has 1 rings (SSSR count). The summed E-state index contributed by atoms with van der Waals surface area (Å²) in [7, 11) is 0. The maximum absolute atomic E-state index is 5.67. The molecule has 3 heteroatoms. The van der Waals surface area contributed by atoms with Crippen molar-refractivity contribution in [1.29, 1.82) is 0 Å². The molecule has 9 heavy (non-hydrogen) atoms. The van der Waals surface area contributed by atoms with E-state index in [0.717, 1.165) is 25.7 Å². The average Bonchev–Trinajstić information content (AvgIpc) is 1.88. The summed E-state index contributed by atoms with van der Waals surface area (Å²) in [5.74, 6) is 5.01. The fourth-order valence-electron chi connectivity index (χ4n) is 1.30. The molecule has 0 bridgehead atoms. The van der Waals surface area contributed by atoms with Gasteiger partial charge in [0.2, 0.25) is 0 Å². The van der Waals surface area contributed by atoms with E-state index in [1.807, 2.05) is 0 Å². The Morgan fingerprint density at radius 2 is 2.11 bits per heavy atom. The van der Waals surface area contributed by atoms with Crippen molar-refractivity contribution < 1.29 is 4.84 Å². The lowest BCUT2D eigenvalue weighted by Crippen LogP contribution is -2.33. The molecule has 1 fully saturated rings. The second kappa shape index (κ2) is 3.15. The van der Waals surface area contributed by atoms with Gasteiger partial charge >= 0.3 is 0 Å². The van der Waals surface area contributed by atoms with Crippen molar-refractivity contribution in [1.82, 2.24) is 0 Å². The summed E-state index contributed by atoms with van der Waals surface area (Å²) in [6, 6.07) is 0.312. The average molecular weight is 130 g/mol. The van der Waals surface area contributed by atoms with E-state index in [0.29, 0.717) is 6.04 Å². The Bertz CT molecular complexity index is 87.1. The zero-order valence-electron chi connectivity index (χ0n) is 5.55. The van der Waals surface area contributed by atoms with Crippen LogP contribution in [0.4, 0.5) is 0 Å². The summed E-state index contributed by atoms with van der Waals surface area (Å²) in [6.45, 7) is 0. The molecule has 0 aromatic carbocycles. The molecule has 0 amide bonds. The molecule has 2 atom stereocenters. The Hall–Kier alpha value is -0.120. The van der Waals surface area contributed by atoms with E-state index in [1.54, 1.807) is 0 Å². The predicted octanol–water partition coefficient (Wildman–Crippen LogP) is 0.147. The molecule has 1 saturated carbocycles. The molecule has 0 spiro atoms. The number of hydrogen-bond acceptors (Lipinski definition) is 3. The molecule has 0 aliphatic heterocycles. The van der Waals surface area contributed by atoms with Gasteiger partial charge in [0, 0.05) is 6.04 Å². The maximum Gasteiger partial charge on any atom is 0.0802 e. The molecule has 1 aliphatic rings. The monoisotopic (exact) mass is 130 g/mol. The quantitative estimate of drug-likeness (QED) is 0.496. The van der Waals surface area contributed by atoms with Gasteiger partial charge in [0.15, 0.2) is 0 Å². The molecule has 0 aromatic heterocycles. The number of rotatable bonds is 1. The Balaban J connectivity index is 2.23. The van der Waals surface area contributed by atoms with Crippen molar-refractivity contribution in [3.63, 3.8) is 0 Å². The highest BCUT2D eigenvalue weighted by Gasteiger charge is 2.18. The minimum atomic E-state index is 0.216. The first-order valence-corrected chi connectivity index (χ1v) is 3.44. The van der Waals surface area contributed by atoms with Crippen LogP contribution in [0, 0.1) is 0 Å². The highest BCUT2D eigenvalue weighted by Crippen LogP contribution is 2.17. The van der Waals surface area contributed by atoms with Crippen LogP contribution in [0.2, 0.25) is 0 Å². The van der Waals surface area contributed by atoms with Crippen molar-refractivity contribution >= 4 is 0 Å². The van der Waals surface area contributed by atoms with Crippen molar-refractivity contribution in [2.45, 2.75) is 37.8 Å². The SMILES string of the molecule is NO[C@H]1CCC[C@@H](N)C1. The minimum absolute atomic E-state index is 0.216. The van der Waals surface area contributed by atoms with E-state index < -0.39 is 0 Å². The predicted molar refractivity (Wildman–Crippen MR) is 35.5 cm³/mol. The lowest BCUT2D eigenvalue weighted by molar-refractivity contribution is 0.0229. The third kappa shape index (κ3) is 1.93. The number of nitrogens with two attached hydrogens (primary N) is 2. The minimum Gasteiger partial charge on any atom is -0.328 e. The summed E-state index contributed by atoms with van der Waals surface area (Å²) in [4.78, 5) is 4.68. The van der Waals surface area contributed by atoms with Gasteiger partial charge in [0.1, 0.15) is 0 Å². The van der Waals surface area contributed by atoms with Crippen molar-refractivity contribution in [2.75, 3.05) is 0 Å². The van der Waals surface area contributed by atoms with Gasteiger partial charge in [-0.25, -0.2) is 5.90 Å². The van der Waals surface area contributed by atoms with Gasteiger partial charge in [-0.3, -0.25) is 0 Å². The van der Waals surface area contributed by atoms with Crippen LogP contribution in [0.5, 0.6) is 0 Å². The molecule has 3 nitrogen and oxygen atoms in total. The third-order valence-corrected chi connectivity index (χ3v) is 1.86. The summed E-state index contributed by atoms with van der Waals surface area (Å²) in [5, 5.41) is 0. The van der Waals surface area contributed by atoms with Gasteiger partial charge in [-0.15, -0.1) is 0 Å². The van der Waals surface area contributed by atoms with E-state index >= 15 is 0 Å². The lowest BCUT2D eigenvalue weighted by Gasteiger charge is -2.24. The highest BCUT2D eigenvalue weighted by atomic mass is 16.6. The summed E-state index contributed by atoms with van der Waals surface area (Å²) >= 11 is 0. The molecule has 0 aromatic rings. The van der Waals surface area contributed by atoms with E-state index in [9.17, 15) is 0 Å². The van der Waals surface area contributed by atoms with E-state index in [-0.39, 0.29) is 6.10 Å². The lowest BCUT2D eigenvalue weighted by atomic mass is 9.94. The van der Waals surface area contributed by atoms with E-state index in [2.05, 4.69) is 4.84 Å². The van der Waals surface area contributed by atoms with Crippen LogP contribution in [-0.4, -0.2) is 12.1 Å². The van der Waals surface area contributed by atoms with Crippen molar-refractivity contribution in [2.24, 2.45) is 11.6 Å². The van der Waals surface area contributed by atoms with Crippen LogP contribution in [0.3, 0.4) is 0 Å². The standard InChI is InChI=1S/C6H14N2O/c7-5-2-1-3-6(4-5)9-8/h5-6H,1-4,7-8H2/t5-,6+/m1/s1. The molecular weight excluding hydrogens is 116 g/mol. The van der Waals surface area contributed by atoms with Gasteiger partial charge in [0.05, 0.1) is 6.10 Å². The maximum atomic E-state index is 5.67. The van der Waals surface area contributed by atoms with Gasteiger partial charge in [0.25, 0.3) is 0 Å². The first-order valence-electron chi connectivity index (χ1n) is 3.44. The zero-order valence-corrected chi connectivity index (χ0v) is 5.55. The van der Waals surface area contributed by atoms with Gasteiger partial charge in [-0.1, -0.05) is 0 Å². The largest absolute Gasteiger partial charge is 0.328 e. The van der Waals surface area contributed by atoms with Crippen LogP contribution in [0.1, 0.15) is 25.7 Å². The van der Waals surface area contributed by atoms with Crippen LogP contribution >= 0.6 is 0 Å². The summed E-state index contributed by atoms with van der Waals surface area (Å²) < 4.78 is 0. The molecular formula is C6H14N2O. The van der Waals surface area contributed by atoms with Crippen molar-refractivity contribution in [3.8, 4) is 0 Å². The van der Waals surface area contributed by atoms with Gasteiger partial charge in [-0.05, 0) is 25.7 Å². The summed E-state index contributed by atoms with van der Waals surface area (Å²) in [6.07, 6.45) is 4.50. The third-order valence-electron chi connectivity index (χ3n) is 1.86. The Morgan fingerprint density at radius 3 is 2.56 bits per heavy atom. The molecule has 1 aliphatic carbocycles. The second-order valence-electron chi connectivity index (χ2n) is 2.68. The molecule has 54 valence electrons. The molecule has 0 heterocycles. The molecule has 0 saturated heterocycles. The highest BCUT2D eigenvalue weighted by molar-refractivity contribution is 4.74. The topological polar surface area (TPSA) is 61.3 Å². The van der Waals surface area contributed by atoms with Crippen LogP contribution in [0.25, 0.3) is 0 Å². The van der Waals surface area contributed by atoms with Crippen LogP contribution in [0.15, 0.2) is 0 Å². The van der Waals surface area contributed by atoms with Crippen molar-refractivity contribution in [3.05, 3.63) is 0 Å². The van der Waals surface area contributed by atoms with Crippen LogP contribution in [-0.2, 0) is 4.84 Å². The van der Waals surface area contributed by atoms with E-state index in [4.69, 9.17) is 11.6 Å².